The quantitative estimate of drug-likeness (QED) is 0.348. The predicted molar refractivity (Wildman–Crippen MR) is 100 cm³/mol. The Morgan fingerprint density at radius 2 is 1.88 bits per heavy atom. The fraction of sp³-hybridized carbons (Fsp3) is 0.235. The van der Waals surface area contributed by atoms with Crippen LogP contribution in [0.3, 0.4) is 0 Å². The van der Waals surface area contributed by atoms with Crippen LogP contribution in [0.4, 0.5) is 0 Å². The standard InChI is InChI=1S/C17H17N5O2S2/c1-12(15(23)24-2)26-17-21-20-14(11-25-16-18-9-6-10-19-16)22(17)13-7-4-3-5-8-13/h3-10,12H,11H2,1-2H3/t12-/m1/s1. The third kappa shape index (κ3) is 4.41. The zero-order valence-corrected chi connectivity index (χ0v) is 15.9. The van der Waals surface area contributed by atoms with E-state index in [1.807, 2.05) is 34.9 Å². The smallest absolute Gasteiger partial charge is 0.318 e. The van der Waals surface area contributed by atoms with Crippen LogP contribution in [-0.2, 0) is 15.3 Å². The van der Waals surface area contributed by atoms with E-state index in [1.54, 1.807) is 25.4 Å². The van der Waals surface area contributed by atoms with Crippen molar-refractivity contribution in [1.29, 1.82) is 0 Å². The highest BCUT2D eigenvalue weighted by molar-refractivity contribution is 8.00. The van der Waals surface area contributed by atoms with Gasteiger partial charge in [-0.25, -0.2) is 9.97 Å². The lowest BCUT2D eigenvalue weighted by Gasteiger charge is -2.12. The summed E-state index contributed by atoms with van der Waals surface area (Å²) in [7, 11) is 1.38. The summed E-state index contributed by atoms with van der Waals surface area (Å²) in [4.78, 5) is 20.2. The molecule has 2 aromatic heterocycles. The highest BCUT2D eigenvalue weighted by atomic mass is 32.2. The van der Waals surface area contributed by atoms with E-state index < -0.39 is 0 Å². The number of thioether (sulfide) groups is 2. The van der Waals surface area contributed by atoms with Crippen molar-refractivity contribution in [2.24, 2.45) is 0 Å². The number of carbonyl (C=O) groups excluding carboxylic acids is 1. The van der Waals surface area contributed by atoms with Crippen LogP contribution < -0.4 is 0 Å². The largest absolute Gasteiger partial charge is 0.468 e. The summed E-state index contributed by atoms with van der Waals surface area (Å²) in [5.41, 5.74) is 0.932. The summed E-state index contributed by atoms with van der Waals surface area (Å²) in [5, 5.41) is 9.51. The van der Waals surface area contributed by atoms with E-state index >= 15 is 0 Å². The molecule has 0 saturated heterocycles. The van der Waals surface area contributed by atoms with Gasteiger partial charge in [-0.1, -0.05) is 41.7 Å². The molecule has 9 heteroatoms. The van der Waals surface area contributed by atoms with E-state index in [4.69, 9.17) is 4.74 Å². The average Bonchev–Trinajstić information content (AvgIpc) is 3.09. The SMILES string of the molecule is COC(=O)[C@@H](C)Sc1nnc(CSc2ncccn2)n1-c1ccccc1. The molecule has 0 bridgehead atoms. The molecule has 0 aliphatic heterocycles. The summed E-state index contributed by atoms with van der Waals surface area (Å²) in [5.74, 6) is 1.01. The molecule has 1 atom stereocenters. The van der Waals surface area contributed by atoms with Gasteiger partial charge in [-0.2, -0.15) is 0 Å². The van der Waals surface area contributed by atoms with E-state index in [9.17, 15) is 4.79 Å². The van der Waals surface area contributed by atoms with Gasteiger partial charge in [0.25, 0.3) is 0 Å². The number of para-hydroxylation sites is 1. The maximum atomic E-state index is 11.8. The van der Waals surface area contributed by atoms with Gasteiger partial charge in [0.05, 0.1) is 12.9 Å². The van der Waals surface area contributed by atoms with Crippen molar-refractivity contribution in [3.63, 3.8) is 0 Å². The Hall–Kier alpha value is -2.39. The second-order valence-electron chi connectivity index (χ2n) is 5.17. The number of aromatic nitrogens is 5. The normalized spacial score (nSPS) is 11.9. The summed E-state index contributed by atoms with van der Waals surface area (Å²) in [6.45, 7) is 1.78. The first-order valence-corrected chi connectivity index (χ1v) is 9.69. The second kappa shape index (κ2) is 8.81. The number of hydrogen-bond acceptors (Lipinski definition) is 8. The lowest BCUT2D eigenvalue weighted by atomic mass is 10.3. The molecule has 134 valence electrons. The number of ether oxygens (including phenoxy) is 1. The van der Waals surface area contributed by atoms with Crippen molar-refractivity contribution >= 4 is 29.5 Å². The minimum atomic E-state index is -0.385. The Balaban J connectivity index is 1.88. The maximum Gasteiger partial charge on any atom is 0.318 e. The van der Waals surface area contributed by atoms with Gasteiger partial charge in [0, 0.05) is 18.1 Å². The van der Waals surface area contributed by atoms with Gasteiger partial charge in [0.15, 0.2) is 10.3 Å². The Kier molecular flexibility index (Phi) is 6.24. The molecule has 0 amide bonds. The van der Waals surface area contributed by atoms with Crippen LogP contribution in [-0.4, -0.2) is 43.1 Å². The molecule has 0 radical (unpaired) electrons. The van der Waals surface area contributed by atoms with E-state index in [0.29, 0.717) is 16.1 Å². The lowest BCUT2D eigenvalue weighted by Crippen LogP contribution is -2.15. The summed E-state index contributed by atoms with van der Waals surface area (Å²) >= 11 is 2.79. The van der Waals surface area contributed by atoms with E-state index in [1.165, 1.54) is 30.6 Å². The molecule has 0 fully saturated rings. The van der Waals surface area contributed by atoms with Crippen LogP contribution in [0.15, 0.2) is 59.1 Å². The Bertz CT molecular complexity index is 858. The number of methoxy groups -OCH3 is 1. The number of benzene rings is 1. The molecule has 0 N–H and O–H groups in total. The topological polar surface area (TPSA) is 82.8 Å². The fourth-order valence-electron chi connectivity index (χ4n) is 2.17. The van der Waals surface area contributed by atoms with Crippen LogP contribution in [0, 0.1) is 0 Å². The molecule has 0 aliphatic rings. The van der Waals surface area contributed by atoms with Crippen LogP contribution in [0.2, 0.25) is 0 Å². The molecule has 1 aromatic carbocycles. The summed E-state index contributed by atoms with van der Waals surface area (Å²) in [6, 6.07) is 11.6. The number of rotatable bonds is 7. The zero-order chi connectivity index (χ0) is 18.4. The second-order valence-corrected chi connectivity index (χ2v) is 7.42. The van der Waals surface area contributed by atoms with Crippen LogP contribution >= 0.6 is 23.5 Å². The lowest BCUT2D eigenvalue weighted by molar-refractivity contribution is -0.139. The minimum Gasteiger partial charge on any atom is -0.468 e. The fourth-order valence-corrected chi connectivity index (χ4v) is 3.80. The van der Waals surface area contributed by atoms with Gasteiger partial charge in [-0.05, 0) is 25.1 Å². The first-order chi connectivity index (χ1) is 12.7. The van der Waals surface area contributed by atoms with E-state index in [-0.39, 0.29) is 11.2 Å². The van der Waals surface area contributed by atoms with Gasteiger partial charge in [-0.15, -0.1) is 10.2 Å². The average molecular weight is 387 g/mol. The van der Waals surface area contributed by atoms with Crippen LogP contribution in [0.5, 0.6) is 0 Å². The predicted octanol–water partition coefficient (Wildman–Crippen LogP) is 3.00. The van der Waals surface area contributed by atoms with Crippen LogP contribution in [0.1, 0.15) is 12.7 Å². The van der Waals surface area contributed by atoms with Crippen molar-refractivity contribution in [2.45, 2.75) is 28.2 Å². The van der Waals surface area contributed by atoms with Crippen molar-refractivity contribution in [2.75, 3.05) is 7.11 Å². The van der Waals surface area contributed by atoms with E-state index in [0.717, 1.165) is 11.5 Å². The van der Waals surface area contributed by atoms with Crippen molar-refractivity contribution in [1.82, 2.24) is 24.7 Å². The highest BCUT2D eigenvalue weighted by Crippen LogP contribution is 2.28. The Morgan fingerprint density at radius 3 is 2.58 bits per heavy atom. The van der Waals surface area contributed by atoms with Gasteiger partial charge in [-0.3, -0.25) is 9.36 Å². The molecule has 3 rings (SSSR count). The molecule has 0 saturated carbocycles. The molecule has 26 heavy (non-hydrogen) atoms. The first-order valence-electron chi connectivity index (χ1n) is 7.83. The Labute approximate surface area is 159 Å². The molecule has 3 aromatic rings. The molecule has 0 unspecified atom stereocenters. The molecule has 0 spiro atoms. The molecular weight excluding hydrogens is 370 g/mol. The van der Waals surface area contributed by atoms with Gasteiger partial charge >= 0.3 is 5.97 Å². The monoisotopic (exact) mass is 387 g/mol. The molecule has 2 heterocycles. The van der Waals surface area contributed by atoms with Crippen LogP contribution in [0.25, 0.3) is 5.69 Å². The number of carbonyl (C=O) groups is 1. The third-order valence-electron chi connectivity index (χ3n) is 3.40. The zero-order valence-electron chi connectivity index (χ0n) is 14.3. The number of esters is 1. The Morgan fingerprint density at radius 1 is 1.15 bits per heavy atom. The van der Waals surface area contributed by atoms with Crippen molar-refractivity contribution in [3.8, 4) is 5.69 Å². The highest BCUT2D eigenvalue weighted by Gasteiger charge is 2.21. The summed E-state index contributed by atoms with van der Waals surface area (Å²) < 4.78 is 6.75. The molecule has 0 aliphatic carbocycles. The summed E-state index contributed by atoms with van der Waals surface area (Å²) in [6.07, 6.45) is 3.41. The van der Waals surface area contributed by atoms with Crippen molar-refractivity contribution < 1.29 is 9.53 Å². The van der Waals surface area contributed by atoms with Gasteiger partial charge in [0.1, 0.15) is 11.1 Å². The minimum absolute atomic E-state index is 0.300. The van der Waals surface area contributed by atoms with Gasteiger partial charge < -0.3 is 4.74 Å². The van der Waals surface area contributed by atoms with Crippen molar-refractivity contribution in [3.05, 3.63) is 54.6 Å². The molecular formula is C17H17N5O2S2. The third-order valence-corrected chi connectivity index (χ3v) is 5.30. The van der Waals surface area contributed by atoms with E-state index in [2.05, 4.69) is 20.2 Å². The first kappa shape index (κ1) is 18.4. The maximum absolute atomic E-state index is 11.8. The number of nitrogens with zero attached hydrogens (tertiary/aromatic N) is 5. The number of hydrogen-bond donors (Lipinski definition) is 0. The molecule has 7 nitrogen and oxygen atoms in total. The van der Waals surface area contributed by atoms with Gasteiger partial charge in [0.2, 0.25) is 0 Å².